The SMILES string of the molecule is CCOC(=O)CCC(=O)N[C@@H](C)C(=O)N1CCC[C@H]1C(=O)O. The fourth-order valence-corrected chi connectivity index (χ4v) is 2.36. The molecule has 1 aliphatic rings. The van der Waals surface area contributed by atoms with Gasteiger partial charge in [0.15, 0.2) is 0 Å². The summed E-state index contributed by atoms with van der Waals surface area (Å²) in [6.45, 7) is 3.80. The topological polar surface area (TPSA) is 113 Å². The largest absolute Gasteiger partial charge is 0.480 e. The maximum Gasteiger partial charge on any atom is 0.326 e. The van der Waals surface area contributed by atoms with Crippen LogP contribution in [0.2, 0.25) is 0 Å². The molecule has 0 saturated carbocycles. The molecule has 1 rings (SSSR count). The van der Waals surface area contributed by atoms with Crippen LogP contribution in [0.4, 0.5) is 0 Å². The molecule has 1 heterocycles. The molecule has 0 bridgehead atoms. The highest BCUT2D eigenvalue weighted by Crippen LogP contribution is 2.18. The first-order valence-corrected chi connectivity index (χ1v) is 7.35. The van der Waals surface area contributed by atoms with E-state index in [-0.39, 0.29) is 19.4 Å². The molecule has 0 radical (unpaired) electrons. The summed E-state index contributed by atoms with van der Waals surface area (Å²) in [5.41, 5.74) is 0. The third-order valence-corrected chi connectivity index (χ3v) is 3.43. The van der Waals surface area contributed by atoms with Crippen molar-refractivity contribution in [1.29, 1.82) is 0 Å². The minimum absolute atomic E-state index is 0.0535. The molecule has 124 valence electrons. The van der Waals surface area contributed by atoms with E-state index in [4.69, 9.17) is 9.84 Å². The van der Waals surface area contributed by atoms with Crippen LogP contribution in [0.5, 0.6) is 0 Å². The van der Waals surface area contributed by atoms with Gasteiger partial charge < -0.3 is 20.1 Å². The lowest BCUT2D eigenvalue weighted by atomic mass is 10.2. The third kappa shape index (κ3) is 5.01. The maximum atomic E-state index is 12.2. The number of rotatable bonds is 7. The van der Waals surface area contributed by atoms with E-state index in [9.17, 15) is 19.2 Å². The van der Waals surface area contributed by atoms with Crippen molar-refractivity contribution in [1.82, 2.24) is 10.2 Å². The molecule has 0 spiro atoms. The number of aliphatic carboxylic acids is 1. The molecule has 2 N–H and O–H groups in total. The van der Waals surface area contributed by atoms with Gasteiger partial charge in [0.1, 0.15) is 12.1 Å². The van der Waals surface area contributed by atoms with Crippen LogP contribution in [0, 0.1) is 0 Å². The van der Waals surface area contributed by atoms with E-state index < -0.39 is 35.8 Å². The summed E-state index contributed by atoms with van der Waals surface area (Å²) in [6.07, 6.45) is 0.928. The second-order valence-electron chi connectivity index (χ2n) is 5.12. The average Bonchev–Trinajstić information content (AvgIpc) is 2.94. The summed E-state index contributed by atoms with van der Waals surface area (Å²) in [7, 11) is 0. The molecule has 8 heteroatoms. The van der Waals surface area contributed by atoms with Crippen LogP contribution in [0.1, 0.15) is 39.5 Å². The molecule has 1 fully saturated rings. The Morgan fingerprint density at radius 1 is 1.32 bits per heavy atom. The lowest BCUT2D eigenvalue weighted by molar-refractivity contribution is -0.149. The molecule has 1 aliphatic heterocycles. The van der Waals surface area contributed by atoms with Gasteiger partial charge in [0.05, 0.1) is 13.0 Å². The Kier molecular flexibility index (Phi) is 6.81. The van der Waals surface area contributed by atoms with Gasteiger partial charge in [0, 0.05) is 13.0 Å². The van der Waals surface area contributed by atoms with Gasteiger partial charge in [-0.2, -0.15) is 0 Å². The Bertz CT molecular complexity index is 451. The van der Waals surface area contributed by atoms with Crippen molar-refractivity contribution in [3.05, 3.63) is 0 Å². The fourth-order valence-electron chi connectivity index (χ4n) is 2.36. The number of esters is 1. The minimum atomic E-state index is -1.04. The van der Waals surface area contributed by atoms with E-state index in [2.05, 4.69) is 5.32 Å². The second-order valence-corrected chi connectivity index (χ2v) is 5.12. The standard InChI is InChI=1S/C14H22N2O6/c1-3-22-12(18)7-6-11(17)15-9(2)13(19)16-8-4-5-10(16)14(20)21/h9-10H,3-8H2,1-2H3,(H,15,17)(H,20,21)/t9-,10-/m0/s1. The molecule has 1 saturated heterocycles. The number of carbonyl (C=O) groups excluding carboxylic acids is 3. The molecule has 0 aromatic carbocycles. The van der Waals surface area contributed by atoms with E-state index in [1.807, 2.05) is 0 Å². The van der Waals surface area contributed by atoms with Crippen molar-refractivity contribution in [2.24, 2.45) is 0 Å². The summed E-state index contributed by atoms with van der Waals surface area (Å²) in [4.78, 5) is 47.4. The molecule has 22 heavy (non-hydrogen) atoms. The number of amides is 2. The van der Waals surface area contributed by atoms with Gasteiger partial charge in [-0.05, 0) is 26.7 Å². The first-order chi connectivity index (χ1) is 10.4. The average molecular weight is 314 g/mol. The zero-order valence-electron chi connectivity index (χ0n) is 12.8. The van der Waals surface area contributed by atoms with Gasteiger partial charge in [0.25, 0.3) is 0 Å². The lowest BCUT2D eigenvalue weighted by Gasteiger charge is -2.25. The molecule has 8 nitrogen and oxygen atoms in total. The quantitative estimate of drug-likeness (QED) is 0.635. The molecule has 0 aliphatic carbocycles. The van der Waals surface area contributed by atoms with Crippen molar-refractivity contribution in [2.75, 3.05) is 13.2 Å². The number of nitrogens with one attached hydrogen (secondary N) is 1. The number of carboxylic acids is 1. The Balaban J connectivity index is 2.45. The Morgan fingerprint density at radius 2 is 2.00 bits per heavy atom. The second kappa shape index (κ2) is 8.35. The van der Waals surface area contributed by atoms with E-state index >= 15 is 0 Å². The summed E-state index contributed by atoms with van der Waals surface area (Å²) in [5, 5.41) is 11.5. The third-order valence-electron chi connectivity index (χ3n) is 3.43. The summed E-state index contributed by atoms with van der Waals surface area (Å²) in [6, 6.07) is -1.65. The number of likely N-dealkylation sites (tertiary alicyclic amines) is 1. The van der Waals surface area contributed by atoms with Crippen LogP contribution in [0.25, 0.3) is 0 Å². The molecular weight excluding hydrogens is 292 g/mol. The van der Waals surface area contributed by atoms with Crippen LogP contribution < -0.4 is 5.32 Å². The van der Waals surface area contributed by atoms with Gasteiger partial charge in [0.2, 0.25) is 11.8 Å². The van der Waals surface area contributed by atoms with Crippen LogP contribution in [0.3, 0.4) is 0 Å². The highest BCUT2D eigenvalue weighted by Gasteiger charge is 2.36. The number of carboxylic acid groups (broad SMARTS) is 1. The number of nitrogens with zero attached hydrogens (tertiary/aromatic N) is 1. The van der Waals surface area contributed by atoms with E-state index in [1.165, 1.54) is 11.8 Å². The van der Waals surface area contributed by atoms with Crippen LogP contribution in [0.15, 0.2) is 0 Å². The Hall–Kier alpha value is -2.12. The van der Waals surface area contributed by atoms with Crippen LogP contribution in [-0.2, 0) is 23.9 Å². The highest BCUT2D eigenvalue weighted by atomic mass is 16.5. The normalized spacial score (nSPS) is 18.6. The van der Waals surface area contributed by atoms with Crippen molar-refractivity contribution in [2.45, 2.75) is 51.6 Å². The molecule has 2 amide bonds. The first-order valence-electron chi connectivity index (χ1n) is 7.35. The predicted molar refractivity (Wildman–Crippen MR) is 75.8 cm³/mol. The zero-order valence-corrected chi connectivity index (χ0v) is 12.8. The monoisotopic (exact) mass is 314 g/mol. The van der Waals surface area contributed by atoms with Crippen LogP contribution in [-0.4, -0.2) is 59.0 Å². The van der Waals surface area contributed by atoms with E-state index in [0.29, 0.717) is 19.4 Å². The fraction of sp³-hybridized carbons (Fsp3) is 0.714. The van der Waals surface area contributed by atoms with E-state index in [1.54, 1.807) is 6.92 Å². The zero-order chi connectivity index (χ0) is 16.7. The van der Waals surface area contributed by atoms with Crippen molar-refractivity contribution >= 4 is 23.8 Å². The first kappa shape index (κ1) is 17.9. The molecule has 0 aromatic heterocycles. The molecular formula is C14H22N2O6. The van der Waals surface area contributed by atoms with E-state index in [0.717, 1.165) is 0 Å². The van der Waals surface area contributed by atoms with Gasteiger partial charge in [-0.25, -0.2) is 4.79 Å². The van der Waals surface area contributed by atoms with Crippen molar-refractivity contribution in [3.63, 3.8) is 0 Å². The van der Waals surface area contributed by atoms with Crippen molar-refractivity contribution < 1.29 is 29.0 Å². The smallest absolute Gasteiger partial charge is 0.326 e. The van der Waals surface area contributed by atoms with Gasteiger partial charge in [-0.1, -0.05) is 0 Å². The number of hydrogen-bond donors (Lipinski definition) is 2. The Morgan fingerprint density at radius 3 is 2.59 bits per heavy atom. The van der Waals surface area contributed by atoms with Crippen LogP contribution >= 0.6 is 0 Å². The lowest BCUT2D eigenvalue weighted by Crippen LogP contribution is -2.50. The minimum Gasteiger partial charge on any atom is -0.480 e. The summed E-state index contributed by atoms with van der Waals surface area (Å²) in [5.74, 6) is -2.37. The molecule has 0 aromatic rings. The number of ether oxygens (including phenoxy) is 1. The molecule has 0 unspecified atom stereocenters. The predicted octanol–water partition coefficient (Wildman–Crippen LogP) is -0.0900. The highest BCUT2D eigenvalue weighted by molar-refractivity contribution is 5.91. The van der Waals surface area contributed by atoms with Gasteiger partial charge in [-0.15, -0.1) is 0 Å². The van der Waals surface area contributed by atoms with Gasteiger partial charge in [-0.3, -0.25) is 14.4 Å². The maximum absolute atomic E-state index is 12.2. The number of hydrogen-bond acceptors (Lipinski definition) is 5. The summed E-state index contributed by atoms with van der Waals surface area (Å²) >= 11 is 0. The summed E-state index contributed by atoms with van der Waals surface area (Å²) < 4.78 is 4.71. The van der Waals surface area contributed by atoms with Gasteiger partial charge >= 0.3 is 11.9 Å². The number of carbonyl (C=O) groups is 4. The molecule has 2 atom stereocenters. The van der Waals surface area contributed by atoms with Crippen molar-refractivity contribution in [3.8, 4) is 0 Å². The Labute approximate surface area is 128 Å².